The van der Waals surface area contributed by atoms with Crippen molar-refractivity contribution >= 4 is 5.69 Å². The van der Waals surface area contributed by atoms with Gasteiger partial charge in [0.1, 0.15) is 13.2 Å². The Kier molecular flexibility index (Phi) is 3.05. The van der Waals surface area contributed by atoms with Crippen molar-refractivity contribution in [1.29, 1.82) is 0 Å². The van der Waals surface area contributed by atoms with Gasteiger partial charge < -0.3 is 20.1 Å². The molecule has 4 nitrogen and oxygen atoms in total. The van der Waals surface area contributed by atoms with Crippen LogP contribution in [0.5, 0.6) is 11.5 Å². The minimum Gasteiger partial charge on any atom is -0.486 e. The molecule has 2 aliphatic rings. The maximum atomic E-state index is 5.87. The number of nitrogens with zero attached hydrogens (tertiary/aromatic N) is 1. The van der Waals surface area contributed by atoms with E-state index in [4.69, 9.17) is 15.2 Å². The lowest BCUT2D eigenvalue weighted by molar-refractivity contribution is 0.171. The minimum atomic E-state index is 0.342. The van der Waals surface area contributed by atoms with Crippen molar-refractivity contribution in [3.05, 3.63) is 17.7 Å². The van der Waals surface area contributed by atoms with Gasteiger partial charge in [0.15, 0.2) is 11.5 Å². The predicted molar refractivity (Wildman–Crippen MR) is 76.2 cm³/mol. The lowest BCUT2D eigenvalue weighted by Crippen LogP contribution is -2.32. The summed E-state index contributed by atoms with van der Waals surface area (Å²) in [5.41, 5.74) is 8.65. The lowest BCUT2D eigenvalue weighted by Gasteiger charge is -2.28. The third-order valence-corrected chi connectivity index (χ3v) is 4.23. The molecular formula is C15H22N2O2. The van der Waals surface area contributed by atoms with Gasteiger partial charge in [0.2, 0.25) is 0 Å². The molecule has 19 heavy (non-hydrogen) atoms. The van der Waals surface area contributed by atoms with E-state index in [1.165, 1.54) is 24.1 Å². The SMILES string of the molecule is Cc1cc2c(cc1N(C)CC1(CN)CC1)OCCO2. The first-order chi connectivity index (χ1) is 9.13. The highest BCUT2D eigenvalue weighted by Gasteiger charge is 2.42. The number of nitrogens with two attached hydrogens (primary N) is 1. The molecule has 0 aromatic heterocycles. The Labute approximate surface area is 114 Å². The second kappa shape index (κ2) is 4.60. The molecule has 104 valence electrons. The van der Waals surface area contributed by atoms with Crippen LogP contribution in [0.2, 0.25) is 0 Å². The van der Waals surface area contributed by atoms with Gasteiger partial charge in [-0.05, 0) is 37.9 Å². The smallest absolute Gasteiger partial charge is 0.163 e. The van der Waals surface area contributed by atoms with Crippen LogP contribution in [0.3, 0.4) is 0 Å². The van der Waals surface area contributed by atoms with Gasteiger partial charge in [0.05, 0.1) is 0 Å². The number of ether oxygens (including phenoxy) is 2. The summed E-state index contributed by atoms with van der Waals surface area (Å²) in [7, 11) is 2.13. The number of rotatable bonds is 4. The van der Waals surface area contributed by atoms with Crippen LogP contribution >= 0.6 is 0 Å². The van der Waals surface area contributed by atoms with Crippen LogP contribution in [0.4, 0.5) is 5.69 Å². The number of anilines is 1. The molecule has 0 unspecified atom stereocenters. The zero-order chi connectivity index (χ0) is 13.5. The lowest BCUT2D eigenvalue weighted by atomic mass is 10.1. The van der Waals surface area contributed by atoms with E-state index in [2.05, 4.69) is 31.0 Å². The molecule has 1 saturated carbocycles. The Morgan fingerprint density at radius 3 is 2.42 bits per heavy atom. The normalized spacial score (nSPS) is 19.1. The first-order valence-corrected chi connectivity index (χ1v) is 6.95. The van der Waals surface area contributed by atoms with E-state index in [-0.39, 0.29) is 0 Å². The summed E-state index contributed by atoms with van der Waals surface area (Å²) in [5, 5.41) is 0. The van der Waals surface area contributed by atoms with Crippen LogP contribution in [0.15, 0.2) is 12.1 Å². The molecule has 1 aromatic carbocycles. The Balaban J connectivity index is 1.83. The second-order valence-electron chi connectivity index (χ2n) is 5.84. The maximum Gasteiger partial charge on any atom is 0.163 e. The summed E-state index contributed by atoms with van der Waals surface area (Å²) < 4.78 is 11.3. The molecule has 3 rings (SSSR count). The Morgan fingerprint density at radius 2 is 1.84 bits per heavy atom. The zero-order valence-electron chi connectivity index (χ0n) is 11.7. The molecule has 0 radical (unpaired) electrons. The molecule has 0 bridgehead atoms. The Morgan fingerprint density at radius 1 is 1.21 bits per heavy atom. The Hall–Kier alpha value is -1.42. The molecule has 2 N–H and O–H groups in total. The van der Waals surface area contributed by atoms with E-state index < -0.39 is 0 Å². The van der Waals surface area contributed by atoms with Crippen molar-refractivity contribution in [2.75, 3.05) is 38.3 Å². The van der Waals surface area contributed by atoms with Gasteiger partial charge in [0, 0.05) is 30.8 Å². The van der Waals surface area contributed by atoms with Gasteiger partial charge in [-0.3, -0.25) is 0 Å². The van der Waals surface area contributed by atoms with Crippen LogP contribution in [0, 0.1) is 12.3 Å². The molecule has 1 aliphatic carbocycles. The molecule has 0 spiro atoms. The summed E-state index contributed by atoms with van der Waals surface area (Å²) in [6, 6.07) is 4.17. The van der Waals surface area contributed by atoms with E-state index in [0.717, 1.165) is 24.6 Å². The fourth-order valence-corrected chi connectivity index (χ4v) is 2.78. The van der Waals surface area contributed by atoms with Gasteiger partial charge in [-0.25, -0.2) is 0 Å². The molecule has 1 heterocycles. The molecule has 0 saturated heterocycles. The van der Waals surface area contributed by atoms with E-state index in [1.807, 2.05) is 0 Å². The highest BCUT2D eigenvalue weighted by Crippen LogP contribution is 2.46. The van der Waals surface area contributed by atoms with Gasteiger partial charge in [-0.15, -0.1) is 0 Å². The van der Waals surface area contributed by atoms with Gasteiger partial charge in [-0.2, -0.15) is 0 Å². The summed E-state index contributed by atoms with van der Waals surface area (Å²) in [5.74, 6) is 1.72. The van der Waals surface area contributed by atoms with Crippen molar-refractivity contribution in [1.82, 2.24) is 0 Å². The van der Waals surface area contributed by atoms with E-state index in [1.54, 1.807) is 0 Å². The van der Waals surface area contributed by atoms with Crippen LogP contribution in [-0.2, 0) is 0 Å². The summed E-state index contributed by atoms with van der Waals surface area (Å²) in [4.78, 5) is 2.30. The van der Waals surface area contributed by atoms with Crippen LogP contribution in [0.25, 0.3) is 0 Å². The van der Waals surface area contributed by atoms with Gasteiger partial charge in [-0.1, -0.05) is 0 Å². The highest BCUT2D eigenvalue weighted by molar-refractivity contribution is 5.61. The summed E-state index contributed by atoms with van der Waals surface area (Å²) in [6.07, 6.45) is 2.49. The molecule has 0 atom stereocenters. The number of hydrogen-bond acceptors (Lipinski definition) is 4. The first kappa shape index (κ1) is 12.6. The topological polar surface area (TPSA) is 47.7 Å². The number of hydrogen-bond donors (Lipinski definition) is 1. The third-order valence-electron chi connectivity index (χ3n) is 4.23. The molecule has 4 heteroatoms. The van der Waals surface area contributed by atoms with Gasteiger partial charge in [0.25, 0.3) is 0 Å². The van der Waals surface area contributed by atoms with Crippen molar-refractivity contribution in [2.45, 2.75) is 19.8 Å². The average molecular weight is 262 g/mol. The van der Waals surface area contributed by atoms with E-state index >= 15 is 0 Å². The first-order valence-electron chi connectivity index (χ1n) is 6.95. The zero-order valence-corrected chi connectivity index (χ0v) is 11.7. The summed E-state index contributed by atoms with van der Waals surface area (Å²) in [6.45, 7) is 5.18. The third kappa shape index (κ3) is 2.37. The average Bonchev–Trinajstić information content (AvgIpc) is 3.18. The molecule has 1 aliphatic heterocycles. The van der Waals surface area contributed by atoms with Crippen LogP contribution in [0.1, 0.15) is 18.4 Å². The number of benzene rings is 1. The number of aryl methyl sites for hydroxylation is 1. The van der Waals surface area contributed by atoms with E-state index in [9.17, 15) is 0 Å². The standard InChI is InChI=1S/C15H22N2O2/c1-11-7-13-14(19-6-5-18-13)8-12(11)17(2)10-15(9-16)3-4-15/h7-8H,3-6,9-10,16H2,1-2H3. The fraction of sp³-hybridized carbons (Fsp3) is 0.600. The van der Waals surface area contributed by atoms with Crippen molar-refractivity contribution < 1.29 is 9.47 Å². The monoisotopic (exact) mass is 262 g/mol. The van der Waals surface area contributed by atoms with Crippen LogP contribution < -0.4 is 20.1 Å². The van der Waals surface area contributed by atoms with Crippen molar-refractivity contribution in [2.24, 2.45) is 11.1 Å². The molecule has 0 amide bonds. The minimum absolute atomic E-state index is 0.342. The van der Waals surface area contributed by atoms with Gasteiger partial charge >= 0.3 is 0 Å². The van der Waals surface area contributed by atoms with Crippen molar-refractivity contribution in [3.8, 4) is 11.5 Å². The molecule has 1 aromatic rings. The summed E-state index contributed by atoms with van der Waals surface area (Å²) >= 11 is 0. The second-order valence-corrected chi connectivity index (χ2v) is 5.84. The quantitative estimate of drug-likeness (QED) is 0.901. The largest absolute Gasteiger partial charge is 0.486 e. The highest BCUT2D eigenvalue weighted by atomic mass is 16.6. The number of fused-ring (bicyclic) bond motifs is 1. The van der Waals surface area contributed by atoms with E-state index in [0.29, 0.717) is 18.6 Å². The predicted octanol–water partition coefficient (Wildman–Crippen LogP) is 1.94. The molecular weight excluding hydrogens is 240 g/mol. The molecule has 1 fully saturated rings. The maximum absolute atomic E-state index is 5.87. The fourth-order valence-electron chi connectivity index (χ4n) is 2.78. The van der Waals surface area contributed by atoms with Crippen LogP contribution in [-0.4, -0.2) is 33.4 Å². The Bertz CT molecular complexity index is 483. The van der Waals surface area contributed by atoms with Crippen molar-refractivity contribution in [3.63, 3.8) is 0 Å².